The first-order valence-corrected chi connectivity index (χ1v) is 2.33. The number of ether oxygens (including phenoxy) is 1. The lowest BCUT2D eigenvalue weighted by atomic mass is 10.7. The van der Waals surface area contributed by atoms with Gasteiger partial charge in [0, 0.05) is 0 Å². The molecular weight excluding hydrogens is 155 g/mol. The molecule has 1 atom stereocenters. The molecule has 0 aliphatic carbocycles. The molecule has 0 aliphatic heterocycles. The average molecular weight is 159 g/mol. The van der Waals surface area contributed by atoms with Crippen LogP contribution in [0.3, 0.4) is 0 Å². The zero-order valence-corrected chi connectivity index (χ0v) is 5.00. The molecule has 0 radical (unpaired) electrons. The summed E-state index contributed by atoms with van der Waals surface area (Å²) >= 11 is 3.97. The summed E-state index contributed by atoms with van der Waals surface area (Å²) in [7, 11) is 0. The molecule has 2 N–H and O–H groups in total. The Kier molecular flexibility index (Phi) is 3.29. The Bertz CT molecular complexity index is 109. The fourth-order valence-corrected chi connectivity index (χ4v) is 0.254. The van der Waals surface area contributed by atoms with Crippen LogP contribution in [0.2, 0.25) is 0 Å². The highest BCUT2D eigenvalue weighted by atomic mass is 32.1. The van der Waals surface area contributed by atoms with Crippen molar-refractivity contribution in [2.45, 2.75) is 12.8 Å². The smallest absolute Gasteiger partial charge is 0.304 e. The molecule has 9 heavy (non-hydrogen) atoms. The first-order valence-electron chi connectivity index (χ1n) is 1.92. The zero-order chi connectivity index (χ0) is 7.44. The topological polar surface area (TPSA) is 35.2 Å². The maximum Gasteiger partial charge on any atom is 0.304 e. The van der Waals surface area contributed by atoms with E-state index in [1.807, 2.05) is 0 Å². The molecule has 0 heterocycles. The van der Waals surface area contributed by atoms with E-state index in [2.05, 4.69) is 22.7 Å². The molecule has 0 saturated carbocycles. The van der Waals surface area contributed by atoms with Crippen LogP contribution in [0.25, 0.3) is 0 Å². The van der Waals surface area contributed by atoms with Crippen LogP contribution in [-0.2, 0) is 4.74 Å². The van der Waals surface area contributed by atoms with E-state index in [4.69, 9.17) is 0 Å². The molecule has 0 aromatic heterocycles. The lowest BCUT2D eigenvalue weighted by Crippen LogP contribution is -2.24. The van der Waals surface area contributed by atoms with Gasteiger partial charge in [-0.25, -0.2) is 8.78 Å². The van der Waals surface area contributed by atoms with Crippen molar-refractivity contribution in [3.05, 3.63) is 0 Å². The van der Waals surface area contributed by atoms with E-state index in [1.165, 1.54) is 0 Å². The zero-order valence-electron chi connectivity index (χ0n) is 4.18. The highest BCUT2D eigenvalue weighted by molar-refractivity contribution is 7.80. The quantitative estimate of drug-likeness (QED) is 0.605. The molecule has 0 aliphatic rings. The van der Waals surface area contributed by atoms with E-state index in [9.17, 15) is 13.2 Å². The molecular formula is C3H4F3NOS. The largest absolute Gasteiger partial charge is 0.430 e. The van der Waals surface area contributed by atoms with Crippen molar-refractivity contribution in [3.8, 4) is 0 Å². The number of hydrogen-bond acceptors (Lipinski definition) is 2. The second-order valence-corrected chi connectivity index (χ2v) is 1.52. The van der Waals surface area contributed by atoms with E-state index >= 15 is 0 Å². The van der Waals surface area contributed by atoms with Gasteiger partial charge in [0.2, 0.25) is 0 Å². The molecule has 2 nitrogen and oxygen atoms in total. The number of alkyl halides is 3. The van der Waals surface area contributed by atoms with E-state index in [-0.39, 0.29) is 0 Å². The molecule has 1 unspecified atom stereocenters. The number of rotatable bonds is 2. The molecule has 0 aromatic rings. The average Bonchev–Trinajstić information content (AvgIpc) is 1.63. The third-order valence-corrected chi connectivity index (χ3v) is 0.523. The highest BCUT2D eigenvalue weighted by Gasteiger charge is 2.20. The van der Waals surface area contributed by atoms with Gasteiger partial charge in [0.05, 0.1) is 0 Å². The lowest BCUT2D eigenvalue weighted by molar-refractivity contribution is -0.0736. The Balaban J connectivity index is 3.50. The van der Waals surface area contributed by atoms with Crippen LogP contribution in [0.1, 0.15) is 0 Å². The maximum absolute atomic E-state index is 11.6. The normalized spacial score (nSPS) is 13.3. The molecule has 0 saturated heterocycles. The Morgan fingerprint density at radius 2 is 1.89 bits per heavy atom. The van der Waals surface area contributed by atoms with E-state index in [0.717, 1.165) is 0 Å². The Labute approximate surface area is 54.8 Å². The molecule has 6 heteroatoms. The second-order valence-electron chi connectivity index (χ2n) is 1.12. The van der Waals surface area contributed by atoms with Crippen LogP contribution >= 0.6 is 12.2 Å². The standard InChI is InChI=1S/C3H4F3NOS/c4-1(5)2(6)8-3(7)9/h1-2H,(H2,7,9). The first kappa shape index (κ1) is 8.48. The summed E-state index contributed by atoms with van der Waals surface area (Å²) < 4.78 is 37.6. The van der Waals surface area contributed by atoms with Gasteiger partial charge in [0.25, 0.3) is 5.17 Å². The van der Waals surface area contributed by atoms with Crippen molar-refractivity contribution in [2.24, 2.45) is 5.73 Å². The summed E-state index contributed by atoms with van der Waals surface area (Å²) in [6.07, 6.45) is -5.91. The van der Waals surface area contributed by atoms with Gasteiger partial charge < -0.3 is 10.5 Å². The summed E-state index contributed by atoms with van der Waals surface area (Å²) in [4.78, 5) is 0. The molecule has 0 fully saturated rings. The number of nitrogens with two attached hydrogens (primary N) is 1. The Hall–Kier alpha value is -0.520. The number of hydrogen-bond donors (Lipinski definition) is 1. The second kappa shape index (κ2) is 3.49. The first-order chi connectivity index (χ1) is 4.04. The van der Waals surface area contributed by atoms with Crippen molar-refractivity contribution in [1.82, 2.24) is 0 Å². The molecule has 0 bridgehead atoms. The van der Waals surface area contributed by atoms with Crippen molar-refractivity contribution in [1.29, 1.82) is 0 Å². The van der Waals surface area contributed by atoms with Crippen LogP contribution in [0.4, 0.5) is 13.2 Å². The van der Waals surface area contributed by atoms with Gasteiger partial charge in [-0.2, -0.15) is 4.39 Å². The SMILES string of the molecule is NC(=S)OC(F)C(F)F. The minimum atomic E-state index is -3.20. The van der Waals surface area contributed by atoms with Crippen LogP contribution in [0.5, 0.6) is 0 Å². The third-order valence-electron chi connectivity index (χ3n) is 0.427. The van der Waals surface area contributed by atoms with Crippen LogP contribution in [0, 0.1) is 0 Å². The minimum absolute atomic E-state index is 0.720. The Morgan fingerprint density at radius 1 is 1.44 bits per heavy atom. The summed E-state index contributed by atoms with van der Waals surface area (Å²) in [5.41, 5.74) is 4.57. The lowest BCUT2D eigenvalue weighted by Gasteiger charge is -2.06. The van der Waals surface area contributed by atoms with Gasteiger partial charge >= 0.3 is 12.8 Å². The molecule has 0 spiro atoms. The molecule has 0 aromatic carbocycles. The predicted octanol–water partition coefficient (Wildman–Crippen LogP) is 0.807. The summed E-state index contributed by atoms with van der Waals surface area (Å²) in [5.74, 6) is 0. The van der Waals surface area contributed by atoms with E-state index < -0.39 is 18.0 Å². The van der Waals surface area contributed by atoms with Gasteiger partial charge in [-0.1, -0.05) is 0 Å². The van der Waals surface area contributed by atoms with Crippen molar-refractivity contribution >= 4 is 17.4 Å². The van der Waals surface area contributed by atoms with Crippen molar-refractivity contribution in [3.63, 3.8) is 0 Å². The minimum Gasteiger partial charge on any atom is -0.430 e. The van der Waals surface area contributed by atoms with Crippen LogP contribution in [0.15, 0.2) is 0 Å². The number of halogens is 3. The molecule has 0 rings (SSSR count). The summed E-state index contributed by atoms with van der Waals surface area (Å²) in [5, 5.41) is -0.720. The summed E-state index contributed by atoms with van der Waals surface area (Å²) in [6, 6.07) is 0. The predicted molar refractivity (Wildman–Crippen MR) is 28.8 cm³/mol. The maximum atomic E-state index is 11.6. The van der Waals surface area contributed by atoms with Gasteiger partial charge in [0.15, 0.2) is 0 Å². The number of thiocarbonyl (C=S) groups is 1. The van der Waals surface area contributed by atoms with Gasteiger partial charge in [0.1, 0.15) is 0 Å². The summed E-state index contributed by atoms with van der Waals surface area (Å²) in [6.45, 7) is 0. The fourth-order valence-electron chi connectivity index (χ4n) is 0.162. The monoisotopic (exact) mass is 159 g/mol. The van der Waals surface area contributed by atoms with Gasteiger partial charge in [-0.15, -0.1) is 0 Å². The van der Waals surface area contributed by atoms with Crippen molar-refractivity contribution in [2.75, 3.05) is 0 Å². The van der Waals surface area contributed by atoms with Crippen LogP contribution in [-0.4, -0.2) is 18.0 Å². The third kappa shape index (κ3) is 4.01. The van der Waals surface area contributed by atoms with E-state index in [0.29, 0.717) is 0 Å². The van der Waals surface area contributed by atoms with Crippen molar-refractivity contribution < 1.29 is 17.9 Å². The highest BCUT2D eigenvalue weighted by Crippen LogP contribution is 2.05. The Morgan fingerprint density at radius 3 is 2.00 bits per heavy atom. The van der Waals surface area contributed by atoms with Crippen LogP contribution < -0.4 is 5.73 Å². The van der Waals surface area contributed by atoms with Gasteiger partial charge in [-0.05, 0) is 12.2 Å². The molecule has 54 valence electrons. The molecule has 0 amide bonds. The van der Waals surface area contributed by atoms with E-state index in [1.54, 1.807) is 0 Å². The fraction of sp³-hybridized carbons (Fsp3) is 0.667. The van der Waals surface area contributed by atoms with Gasteiger partial charge in [-0.3, -0.25) is 0 Å².